The first-order chi connectivity index (χ1) is 9.87. The van der Waals surface area contributed by atoms with Gasteiger partial charge < -0.3 is 9.26 Å². The van der Waals surface area contributed by atoms with Crippen molar-refractivity contribution >= 4 is 13.6 Å². The molecule has 0 aliphatic heterocycles. The van der Waals surface area contributed by atoms with Gasteiger partial charge in [0.1, 0.15) is 6.61 Å². The molecule has 0 N–H and O–H groups in total. The molecule has 6 nitrogen and oxygen atoms in total. The van der Waals surface area contributed by atoms with Crippen molar-refractivity contribution in [3.63, 3.8) is 0 Å². The molecule has 0 heterocycles. The highest BCUT2D eigenvalue weighted by atomic mass is 31.2. The Kier molecular flexibility index (Phi) is 9.79. The maximum Gasteiger partial charge on any atom is 0.346 e. The van der Waals surface area contributed by atoms with E-state index >= 15 is 0 Å². The molecule has 0 aromatic carbocycles. The van der Waals surface area contributed by atoms with Gasteiger partial charge in [0.05, 0.1) is 6.61 Å². The lowest BCUT2D eigenvalue weighted by Crippen LogP contribution is -2.33. The third-order valence-electron chi connectivity index (χ3n) is 3.10. The second-order valence-electron chi connectivity index (χ2n) is 4.52. The molecule has 0 aromatic heterocycles. The SMILES string of the molecule is C=C(C)C(=O)OCCOP(=O)(N(CC)CC)N(CC)CC. The molecule has 0 aliphatic carbocycles. The number of hydrogen-bond acceptors (Lipinski definition) is 4. The van der Waals surface area contributed by atoms with Gasteiger partial charge in [0, 0.05) is 31.8 Å². The van der Waals surface area contributed by atoms with Gasteiger partial charge in [0.25, 0.3) is 0 Å². The van der Waals surface area contributed by atoms with Crippen molar-refractivity contribution in [2.45, 2.75) is 34.6 Å². The molecule has 0 unspecified atom stereocenters. The number of ether oxygens (including phenoxy) is 1. The van der Waals surface area contributed by atoms with Crippen molar-refractivity contribution < 1.29 is 18.6 Å². The summed E-state index contributed by atoms with van der Waals surface area (Å²) in [6.45, 7) is 15.6. The number of esters is 1. The van der Waals surface area contributed by atoms with Gasteiger partial charge in [-0.1, -0.05) is 34.3 Å². The van der Waals surface area contributed by atoms with Crippen LogP contribution in [0.5, 0.6) is 0 Å². The van der Waals surface area contributed by atoms with Gasteiger partial charge >= 0.3 is 13.6 Å². The fourth-order valence-corrected chi connectivity index (χ4v) is 4.34. The Morgan fingerprint density at radius 1 is 1.00 bits per heavy atom. The van der Waals surface area contributed by atoms with E-state index in [-0.39, 0.29) is 13.2 Å². The molecule has 0 fully saturated rings. The van der Waals surface area contributed by atoms with Crippen LogP contribution >= 0.6 is 7.67 Å². The standard InChI is InChI=1S/C14H29N2O4P/c1-7-15(8-2)21(18,16(9-3)10-4)20-12-11-19-14(17)13(5)6/h5,7-12H2,1-4,6H3. The number of hydrogen-bond donors (Lipinski definition) is 0. The summed E-state index contributed by atoms with van der Waals surface area (Å²) in [5.74, 6) is -0.459. The monoisotopic (exact) mass is 320 g/mol. The largest absolute Gasteiger partial charge is 0.460 e. The molecule has 124 valence electrons. The van der Waals surface area contributed by atoms with E-state index in [4.69, 9.17) is 9.26 Å². The Bertz CT molecular complexity index is 363. The van der Waals surface area contributed by atoms with Crippen LogP contribution in [0.2, 0.25) is 0 Å². The Hall–Kier alpha value is -0.680. The molecule has 0 aliphatic rings. The van der Waals surface area contributed by atoms with Crippen LogP contribution in [0.1, 0.15) is 34.6 Å². The fraction of sp³-hybridized carbons (Fsp3) is 0.786. The molecule has 21 heavy (non-hydrogen) atoms. The summed E-state index contributed by atoms with van der Waals surface area (Å²) in [5.41, 5.74) is 0.339. The maximum atomic E-state index is 13.2. The van der Waals surface area contributed by atoms with Crippen LogP contribution in [0.25, 0.3) is 0 Å². The molecule has 0 aromatic rings. The van der Waals surface area contributed by atoms with E-state index in [1.807, 2.05) is 37.0 Å². The van der Waals surface area contributed by atoms with Crippen LogP contribution in [0.3, 0.4) is 0 Å². The van der Waals surface area contributed by atoms with Gasteiger partial charge in [-0.25, -0.2) is 14.1 Å². The lowest BCUT2D eigenvalue weighted by atomic mass is 10.4. The van der Waals surface area contributed by atoms with Crippen molar-refractivity contribution in [3.8, 4) is 0 Å². The van der Waals surface area contributed by atoms with E-state index in [1.54, 1.807) is 6.92 Å². The van der Waals surface area contributed by atoms with Gasteiger partial charge in [0.15, 0.2) is 0 Å². The average molecular weight is 320 g/mol. The van der Waals surface area contributed by atoms with Crippen LogP contribution in [0.4, 0.5) is 0 Å². The molecule has 0 radical (unpaired) electrons. The van der Waals surface area contributed by atoms with E-state index in [0.29, 0.717) is 31.8 Å². The Balaban J connectivity index is 4.73. The zero-order valence-electron chi connectivity index (χ0n) is 13.9. The van der Waals surface area contributed by atoms with Gasteiger partial charge in [-0.15, -0.1) is 0 Å². The number of carbonyl (C=O) groups is 1. The van der Waals surface area contributed by atoms with Crippen LogP contribution < -0.4 is 0 Å². The molecule has 7 heteroatoms. The first-order valence-corrected chi connectivity index (χ1v) is 8.98. The van der Waals surface area contributed by atoms with E-state index < -0.39 is 13.6 Å². The minimum atomic E-state index is -3.07. The van der Waals surface area contributed by atoms with Gasteiger partial charge in [-0.3, -0.25) is 4.57 Å². The fourth-order valence-electron chi connectivity index (χ4n) is 1.92. The summed E-state index contributed by atoms with van der Waals surface area (Å²) in [5, 5.41) is 0. The maximum absolute atomic E-state index is 13.2. The molecule has 0 spiro atoms. The molecule has 0 bridgehead atoms. The predicted octanol–water partition coefficient (Wildman–Crippen LogP) is 2.91. The highest BCUT2D eigenvalue weighted by Crippen LogP contribution is 2.53. The van der Waals surface area contributed by atoms with E-state index in [2.05, 4.69) is 6.58 Å². The van der Waals surface area contributed by atoms with E-state index in [1.165, 1.54) is 0 Å². The van der Waals surface area contributed by atoms with Gasteiger partial charge in [-0.2, -0.15) is 0 Å². The highest BCUT2D eigenvalue weighted by Gasteiger charge is 2.35. The third-order valence-corrected chi connectivity index (χ3v) is 6.18. The summed E-state index contributed by atoms with van der Waals surface area (Å²) in [6.07, 6.45) is 0. The normalized spacial score (nSPS) is 12.0. The summed E-state index contributed by atoms with van der Waals surface area (Å²) in [7, 11) is -3.07. The molecule has 0 atom stereocenters. The quantitative estimate of drug-likeness (QED) is 0.252. The second-order valence-corrected chi connectivity index (χ2v) is 6.89. The first-order valence-electron chi connectivity index (χ1n) is 7.45. The summed E-state index contributed by atoms with van der Waals surface area (Å²) < 4.78 is 27.4. The Morgan fingerprint density at radius 3 is 1.76 bits per heavy atom. The average Bonchev–Trinajstić information content (AvgIpc) is 2.45. The topological polar surface area (TPSA) is 59.1 Å². The summed E-state index contributed by atoms with van der Waals surface area (Å²) in [4.78, 5) is 11.3. The minimum absolute atomic E-state index is 0.0677. The van der Waals surface area contributed by atoms with E-state index in [9.17, 15) is 9.36 Å². The second kappa shape index (κ2) is 10.1. The van der Waals surface area contributed by atoms with Gasteiger partial charge in [-0.05, 0) is 6.92 Å². The lowest BCUT2D eigenvalue weighted by molar-refractivity contribution is -0.139. The van der Waals surface area contributed by atoms with Crippen molar-refractivity contribution in [1.29, 1.82) is 0 Å². The van der Waals surface area contributed by atoms with Crippen LogP contribution in [-0.4, -0.2) is 54.7 Å². The van der Waals surface area contributed by atoms with Crippen LogP contribution in [0, 0.1) is 0 Å². The minimum Gasteiger partial charge on any atom is -0.460 e. The van der Waals surface area contributed by atoms with Crippen molar-refractivity contribution in [3.05, 3.63) is 12.2 Å². The lowest BCUT2D eigenvalue weighted by Gasteiger charge is -2.36. The zero-order valence-corrected chi connectivity index (χ0v) is 14.8. The molecule has 0 saturated carbocycles. The Labute approximate surface area is 128 Å². The van der Waals surface area contributed by atoms with Crippen molar-refractivity contribution in [2.75, 3.05) is 39.4 Å². The smallest absolute Gasteiger partial charge is 0.346 e. The summed E-state index contributed by atoms with van der Waals surface area (Å²) in [6, 6.07) is 0. The van der Waals surface area contributed by atoms with E-state index in [0.717, 1.165) is 0 Å². The van der Waals surface area contributed by atoms with Crippen molar-refractivity contribution in [2.24, 2.45) is 0 Å². The molecular weight excluding hydrogens is 291 g/mol. The molecular formula is C14H29N2O4P. The first kappa shape index (κ1) is 20.3. The highest BCUT2D eigenvalue weighted by molar-refractivity contribution is 7.53. The number of carbonyl (C=O) groups excluding carboxylic acids is 1. The zero-order chi connectivity index (χ0) is 16.5. The number of nitrogens with zero attached hydrogens (tertiary/aromatic N) is 2. The van der Waals surface area contributed by atoms with Crippen LogP contribution in [0.15, 0.2) is 12.2 Å². The van der Waals surface area contributed by atoms with Gasteiger partial charge in [0.2, 0.25) is 0 Å². The Morgan fingerprint density at radius 2 is 1.43 bits per heavy atom. The molecule has 0 saturated heterocycles. The number of rotatable bonds is 11. The molecule has 0 rings (SSSR count). The van der Waals surface area contributed by atoms with Crippen molar-refractivity contribution in [1.82, 2.24) is 9.34 Å². The summed E-state index contributed by atoms with van der Waals surface area (Å²) >= 11 is 0. The van der Waals surface area contributed by atoms with Crippen LogP contribution in [-0.2, 0) is 18.6 Å². The predicted molar refractivity (Wildman–Crippen MR) is 85.2 cm³/mol. The third kappa shape index (κ3) is 5.91. The molecule has 0 amide bonds.